The maximum Gasteiger partial charge on any atom is 0.412 e. The topological polar surface area (TPSA) is 96.6 Å². The van der Waals surface area contributed by atoms with Gasteiger partial charge in [0, 0.05) is 18.5 Å². The number of carbonyl (C=O) groups excluding carboxylic acids is 2. The molecule has 160 valence electrons. The molecule has 2 N–H and O–H groups in total. The number of benzene rings is 1. The van der Waals surface area contributed by atoms with Crippen LogP contribution in [0.5, 0.6) is 0 Å². The summed E-state index contributed by atoms with van der Waals surface area (Å²) in [4.78, 5) is 35.9. The highest BCUT2D eigenvalue weighted by Gasteiger charge is 2.26. The number of nitrogens with one attached hydrogen (secondary N) is 1. The summed E-state index contributed by atoms with van der Waals surface area (Å²) < 4.78 is 6.81. The fourth-order valence-corrected chi connectivity index (χ4v) is 3.09. The summed E-state index contributed by atoms with van der Waals surface area (Å²) in [5, 5.41) is 12.1. The van der Waals surface area contributed by atoms with Gasteiger partial charge in [-0.25, -0.2) is 4.79 Å². The van der Waals surface area contributed by atoms with Gasteiger partial charge in [-0.05, 0) is 30.9 Å². The standard InChI is InChI=1S/C23H28N2O5/c1-16(2)20(22(27)28)13-21(26)19-10-7-11-25(14-19)15-30-23(29)24-17(3)12-18-8-5-4-6-9-18/h4-11,14,16-17,20H,12-13,15H2,1-3H3,(H-,24,27,28,29)/p+1/t17-,20-/m0/s1. The Balaban J connectivity index is 1.88. The number of rotatable bonds is 10. The molecule has 1 amide bonds. The third-order valence-corrected chi connectivity index (χ3v) is 4.80. The Morgan fingerprint density at radius 2 is 1.77 bits per heavy atom. The first-order valence-electron chi connectivity index (χ1n) is 9.98. The maximum atomic E-state index is 12.5. The molecule has 0 aliphatic heterocycles. The first kappa shape index (κ1) is 23.1. The third kappa shape index (κ3) is 7.31. The van der Waals surface area contributed by atoms with Crippen LogP contribution in [0.15, 0.2) is 54.9 Å². The Morgan fingerprint density at radius 1 is 1.07 bits per heavy atom. The third-order valence-electron chi connectivity index (χ3n) is 4.80. The number of hydrogen-bond donors (Lipinski definition) is 2. The van der Waals surface area contributed by atoms with Crippen LogP contribution >= 0.6 is 0 Å². The monoisotopic (exact) mass is 413 g/mol. The number of carboxylic acids is 1. The average Bonchev–Trinajstić information content (AvgIpc) is 2.70. The van der Waals surface area contributed by atoms with Gasteiger partial charge < -0.3 is 15.2 Å². The largest absolute Gasteiger partial charge is 0.481 e. The van der Waals surface area contributed by atoms with E-state index < -0.39 is 18.0 Å². The van der Waals surface area contributed by atoms with E-state index >= 15 is 0 Å². The van der Waals surface area contributed by atoms with Gasteiger partial charge in [0.25, 0.3) is 6.73 Å². The Labute approximate surface area is 176 Å². The van der Waals surface area contributed by atoms with Crippen molar-refractivity contribution >= 4 is 17.8 Å². The molecule has 0 radical (unpaired) electrons. The van der Waals surface area contributed by atoms with E-state index in [0.29, 0.717) is 12.0 Å². The van der Waals surface area contributed by atoms with Crippen LogP contribution in [0, 0.1) is 11.8 Å². The van der Waals surface area contributed by atoms with Gasteiger partial charge in [0.1, 0.15) is 0 Å². The average molecular weight is 413 g/mol. The first-order valence-corrected chi connectivity index (χ1v) is 9.98. The van der Waals surface area contributed by atoms with Gasteiger partial charge in [0.2, 0.25) is 0 Å². The van der Waals surface area contributed by atoms with Crippen molar-refractivity contribution in [2.75, 3.05) is 0 Å². The Kier molecular flexibility index (Phi) is 8.53. The van der Waals surface area contributed by atoms with E-state index in [4.69, 9.17) is 4.74 Å². The second-order valence-electron chi connectivity index (χ2n) is 7.72. The van der Waals surface area contributed by atoms with E-state index in [1.807, 2.05) is 37.3 Å². The minimum Gasteiger partial charge on any atom is -0.481 e. The van der Waals surface area contributed by atoms with Crippen molar-refractivity contribution in [3.8, 4) is 0 Å². The van der Waals surface area contributed by atoms with Crippen LogP contribution in [0.4, 0.5) is 4.79 Å². The number of hydrogen-bond acceptors (Lipinski definition) is 4. The maximum absolute atomic E-state index is 12.5. The van der Waals surface area contributed by atoms with Crippen molar-refractivity contribution < 1.29 is 28.8 Å². The molecule has 2 aromatic rings. The molecule has 30 heavy (non-hydrogen) atoms. The molecule has 1 heterocycles. The number of pyridine rings is 1. The summed E-state index contributed by atoms with van der Waals surface area (Å²) in [5.41, 5.74) is 1.50. The van der Waals surface area contributed by atoms with Crippen LogP contribution in [0.1, 0.15) is 43.1 Å². The van der Waals surface area contributed by atoms with E-state index in [-0.39, 0.29) is 30.9 Å². The number of amides is 1. The summed E-state index contributed by atoms with van der Waals surface area (Å²) in [6, 6.07) is 13.0. The van der Waals surface area contributed by atoms with Crippen LogP contribution < -0.4 is 9.88 Å². The quantitative estimate of drug-likeness (QED) is 0.460. The Morgan fingerprint density at radius 3 is 2.40 bits per heavy atom. The van der Waals surface area contributed by atoms with Crippen LogP contribution in [0.25, 0.3) is 0 Å². The zero-order valence-electron chi connectivity index (χ0n) is 17.6. The molecule has 0 bridgehead atoms. The molecule has 7 heteroatoms. The van der Waals surface area contributed by atoms with Gasteiger partial charge in [-0.1, -0.05) is 44.2 Å². The number of nitrogens with zero attached hydrogens (tertiary/aromatic N) is 1. The number of Topliss-reactive ketones (excluding diaryl/α,β-unsaturated/α-hetero) is 1. The molecule has 0 spiro atoms. The van der Waals surface area contributed by atoms with Gasteiger partial charge in [0.05, 0.1) is 11.5 Å². The number of ether oxygens (including phenoxy) is 1. The minimum atomic E-state index is -0.980. The van der Waals surface area contributed by atoms with E-state index in [2.05, 4.69) is 5.32 Å². The molecular formula is C23H29N2O5+. The summed E-state index contributed by atoms with van der Waals surface area (Å²) in [6.45, 7) is 5.40. The molecule has 2 rings (SSSR count). The summed E-state index contributed by atoms with van der Waals surface area (Å²) >= 11 is 0. The van der Waals surface area contributed by atoms with Gasteiger partial charge in [-0.15, -0.1) is 0 Å². The summed E-state index contributed by atoms with van der Waals surface area (Å²) in [5.74, 6) is -2.12. The van der Waals surface area contributed by atoms with Crippen molar-refractivity contribution in [3.05, 3.63) is 66.0 Å². The SMILES string of the molecule is CC(C)[C@H](CC(=O)c1ccc[n+](COC(=O)N[C@@H](C)Cc2ccccc2)c1)C(=O)O. The molecule has 1 aromatic heterocycles. The summed E-state index contributed by atoms with van der Waals surface area (Å²) in [6.07, 6.45) is 3.30. The molecule has 0 saturated heterocycles. The van der Waals surface area contributed by atoms with Crippen LogP contribution in [-0.4, -0.2) is 29.0 Å². The lowest BCUT2D eigenvalue weighted by molar-refractivity contribution is -0.727. The van der Waals surface area contributed by atoms with Crippen molar-refractivity contribution in [2.24, 2.45) is 11.8 Å². The normalized spacial score (nSPS) is 12.8. The zero-order valence-corrected chi connectivity index (χ0v) is 17.6. The lowest BCUT2D eigenvalue weighted by Gasteiger charge is -2.15. The lowest BCUT2D eigenvalue weighted by atomic mass is 9.89. The van der Waals surface area contributed by atoms with Gasteiger partial charge in [-0.3, -0.25) is 9.59 Å². The molecule has 0 saturated carbocycles. The highest BCUT2D eigenvalue weighted by atomic mass is 16.6. The fourth-order valence-electron chi connectivity index (χ4n) is 3.09. The molecule has 0 aliphatic rings. The number of aromatic nitrogens is 1. The van der Waals surface area contributed by atoms with E-state index in [0.717, 1.165) is 5.56 Å². The first-order chi connectivity index (χ1) is 14.3. The van der Waals surface area contributed by atoms with Crippen molar-refractivity contribution in [3.63, 3.8) is 0 Å². The molecule has 0 unspecified atom stereocenters. The number of carboxylic acid groups (broad SMARTS) is 1. The van der Waals surface area contributed by atoms with Gasteiger partial charge >= 0.3 is 12.1 Å². The van der Waals surface area contributed by atoms with Crippen molar-refractivity contribution in [1.82, 2.24) is 5.32 Å². The molecule has 1 aromatic carbocycles. The van der Waals surface area contributed by atoms with E-state index in [1.165, 1.54) is 0 Å². The highest BCUT2D eigenvalue weighted by Crippen LogP contribution is 2.18. The zero-order chi connectivity index (χ0) is 22.1. The summed E-state index contributed by atoms with van der Waals surface area (Å²) in [7, 11) is 0. The van der Waals surface area contributed by atoms with Crippen molar-refractivity contribution in [2.45, 2.75) is 46.4 Å². The van der Waals surface area contributed by atoms with Crippen LogP contribution in [0.3, 0.4) is 0 Å². The number of aliphatic carboxylic acids is 1. The van der Waals surface area contributed by atoms with Crippen molar-refractivity contribution in [1.29, 1.82) is 0 Å². The predicted molar refractivity (Wildman–Crippen MR) is 111 cm³/mol. The van der Waals surface area contributed by atoms with Gasteiger partial charge in [0.15, 0.2) is 18.2 Å². The molecule has 7 nitrogen and oxygen atoms in total. The molecule has 2 atom stereocenters. The Hall–Kier alpha value is -3.22. The van der Waals surface area contributed by atoms with Crippen LogP contribution in [-0.2, 0) is 22.7 Å². The predicted octanol–water partition coefficient (Wildman–Crippen LogP) is 3.22. The van der Waals surface area contributed by atoms with Crippen LogP contribution in [0.2, 0.25) is 0 Å². The molecular weight excluding hydrogens is 384 g/mol. The van der Waals surface area contributed by atoms with Gasteiger partial charge in [-0.2, -0.15) is 4.57 Å². The molecule has 0 aliphatic carbocycles. The highest BCUT2D eigenvalue weighted by molar-refractivity contribution is 5.97. The number of ketones is 1. The lowest BCUT2D eigenvalue weighted by Crippen LogP contribution is -2.41. The number of carbonyl (C=O) groups is 3. The fraction of sp³-hybridized carbons (Fsp3) is 0.391. The smallest absolute Gasteiger partial charge is 0.412 e. The second-order valence-corrected chi connectivity index (χ2v) is 7.72. The second kappa shape index (κ2) is 11.1. The molecule has 0 fully saturated rings. The Bertz CT molecular complexity index is 867. The number of alkyl carbamates (subject to hydrolysis) is 1. The van der Waals surface area contributed by atoms with E-state index in [9.17, 15) is 19.5 Å². The van der Waals surface area contributed by atoms with E-state index in [1.54, 1.807) is 42.9 Å². The minimum absolute atomic E-state index is 0.0580.